The van der Waals surface area contributed by atoms with Crippen molar-refractivity contribution in [3.63, 3.8) is 0 Å². The predicted octanol–water partition coefficient (Wildman–Crippen LogP) is 3.70. The van der Waals surface area contributed by atoms with E-state index >= 15 is 0 Å². The number of methoxy groups -OCH3 is 1. The van der Waals surface area contributed by atoms with Crippen molar-refractivity contribution in [2.75, 3.05) is 12.4 Å². The molecule has 1 N–H and O–H groups in total. The van der Waals surface area contributed by atoms with Gasteiger partial charge in [0.25, 0.3) is 5.91 Å². The molecule has 0 aromatic heterocycles. The van der Waals surface area contributed by atoms with E-state index < -0.39 is 11.7 Å². The van der Waals surface area contributed by atoms with Crippen LogP contribution in [-0.4, -0.2) is 13.0 Å². The number of carbonyl (C=O) groups is 1. The van der Waals surface area contributed by atoms with Crippen LogP contribution in [0.1, 0.15) is 21.5 Å². The lowest BCUT2D eigenvalue weighted by molar-refractivity contribution is 0.102. The van der Waals surface area contributed by atoms with Crippen molar-refractivity contribution in [2.45, 2.75) is 13.8 Å². The van der Waals surface area contributed by atoms with E-state index in [0.717, 1.165) is 17.2 Å². The standard InChI is InChI=1S/C16H16FNO2/c1-10-4-6-14(11(2)8-10)18-16(19)13-9-12(17)5-7-15(13)20-3/h4-9H,1-3H3,(H,18,19). The summed E-state index contributed by atoms with van der Waals surface area (Å²) < 4.78 is 18.4. The van der Waals surface area contributed by atoms with Gasteiger partial charge in [0.2, 0.25) is 0 Å². The first kappa shape index (κ1) is 14.1. The van der Waals surface area contributed by atoms with Gasteiger partial charge in [-0.15, -0.1) is 0 Å². The highest BCUT2D eigenvalue weighted by Crippen LogP contribution is 2.22. The van der Waals surface area contributed by atoms with E-state index in [0.29, 0.717) is 11.4 Å². The van der Waals surface area contributed by atoms with Crippen molar-refractivity contribution in [2.24, 2.45) is 0 Å². The third-order valence-corrected chi connectivity index (χ3v) is 3.04. The Morgan fingerprint density at radius 1 is 1.15 bits per heavy atom. The quantitative estimate of drug-likeness (QED) is 0.926. The van der Waals surface area contributed by atoms with Gasteiger partial charge >= 0.3 is 0 Å². The van der Waals surface area contributed by atoms with Crippen molar-refractivity contribution in [3.8, 4) is 5.75 Å². The lowest BCUT2D eigenvalue weighted by atomic mass is 10.1. The maximum atomic E-state index is 13.3. The van der Waals surface area contributed by atoms with Crippen molar-refractivity contribution >= 4 is 11.6 Å². The normalized spacial score (nSPS) is 10.2. The summed E-state index contributed by atoms with van der Waals surface area (Å²) in [5.74, 6) is -0.529. The van der Waals surface area contributed by atoms with Gasteiger partial charge in [-0.25, -0.2) is 4.39 Å². The Kier molecular flexibility index (Phi) is 4.03. The molecule has 1 amide bonds. The number of anilines is 1. The predicted molar refractivity (Wildman–Crippen MR) is 76.8 cm³/mol. The number of amides is 1. The lowest BCUT2D eigenvalue weighted by Gasteiger charge is -2.11. The average molecular weight is 273 g/mol. The zero-order valence-electron chi connectivity index (χ0n) is 11.7. The first-order valence-electron chi connectivity index (χ1n) is 6.23. The number of hydrogen-bond acceptors (Lipinski definition) is 2. The van der Waals surface area contributed by atoms with Crippen molar-refractivity contribution in [1.29, 1.82) is 0 Å². The fourth-order valence-corrected chi connectivity index (χ4v) is 2.00. The second-order valence-corrected chi connectivity index (χ2v) is 4.62. The minimum Gasteiger partial charge on any atom is -0.496 e. The maximum Gasteiger partial charge on any atom is 0.259 e. The molecule has 20 heavy (non-hydrogen) atoms. The van der Waals surface area contributed by atoms with Gasteiger partial charge in [-0.3, -0.25) is 4.79 Å². The first-order chi connectivity index (χ1) is 9.51. The Morgan fingerprint density at radius 3 is 2.55 bits per heavy atom. The minimum atomic E-state index is -0.475. The van der Waals surface area contributed by atoms with Gasteiger partial charge in [0, 0.05) is 5.69 Å². The molecule has 4 heteroatoms. The molecule has 0 saturated carbocycles. The molecular formula is C16H16FNO2. The summed E-state index contributed by atoms with van der Waals surface area (Å²) in [5, 5.41) is 2.77. The Hall–Kier alpha value is -2.36. The number of aryl methyl sites for hydroxylation is 2. The summed E-state index contributed by atoms with van der Waals surface area (Å²) in [7, 11) is 1.45. The maximum absolute atomic E-state index is 13.3. The van der Waals surface area contributed by atoms with Crippen LogP contribution < -0.4 is 10.1 Å². The van der Waals surface area contributed by atoms with E-state index in [-0.39, 0.29) is 5.56 Å². The third kappa shape index (κ3) is 2.96. The number of hydrogen-bond donors (Lipinski definition) is 1. The highest BCUT2D eigenvalue weighted by atomic mass is 19.1. The first-order valence-corrected chi connectivity index (χ1v) is 6.23. The van der Waals surface area contributed by atoms with Crippen molar-refractivity contribution in [3.05, 3.63) is 58.9 Å². The van der Waals surface area contributed by atoms with E-state index in [1.807, 2.05) is 32.0 Å². The van der Waals surface area contributed by atoms with Crippen LogP contribution in [0, 0.1) is 19.7 Å². The molecule has 0 bridgehead atoms. The number of benzene rings is 2. The summed E-state index contributed by atoms with van der Waals surface area (Å²) >= 11 is 0. The summed E-state index contributed by atoms with van der Waals surface area (Å²) in [6.07, 6.45) is 0. The molecule has 104 valence electrons. The smallest absolute Gasteiger partial charge is 0.259 e. The van der Waals surface area contributed by atoms with Crippen LogP contribution in [0.4, 0.5) is 10.1 Å². The summed E-state index contributed by atoms with van der Waals surface area (Å²) in [5.41, 5.74) is 2.94. The molecule has 0 heterocycles. The van der Waals surface area contributed by atoms with Crippen LogP contribution in [0.5, 0.6) is 5.75 Å². The van der Waals surface area contributed by atoms with Gasteiger partial charge in [-0.2, -0.15) is 0 Å². The monoisotopic (exact) mass is 273 g/mol. The van der Waals surface area contributed by atoms with Gasteiger partial charge in [0.1, 0.15) is 11.6 Å². The Bertz CT molecular complexity index is 653. The zero-order chi connectivity index (χ0) is 14.7. The topological polar surface area (TPSA) is 38.3 Å². The average Bonchev–Trinajstić information content (AvgIpc) is 2.41. The lowest BCUT2D eigenvalue weighted by Crippen LogP contribution is -2.14. The Labute approximate surface area is 117 Å². The number of carbonyl (C=O) groups excluding carboxylic acids is 1. The molecule has 2 rings (SSSR count). The van der Waals surface area contributed by atoms with Gasteiger partial charge in [0.15, 0.2) is 0 Å². The molecule has 0 radical (unpaired) electrons. The van der Waals surface area contributed by atoms with E-state index in [4.69, 9.17) is 4.74 Å². The summed E-state index contributed by atoms with van der Waals surface area (Å²) in [6, 6.07) is 9.56. The van der Waals surface area contributed by atoms with Crippen LogP contribution in [-0.2, 0) is 0 Å². The van der Waals surface area contributed by atoms with Gasteiger partial charge < -0.3 is 10.1 Å². The molecule has 0 saturated heterocycles. The van der Waals surface area contributed by atoms with Crippen LogP contribution >= 0.6 is 0 Å². The fourth-order valence-electron chi connectivity index (χ4n) is 2.00. The molecular weight excluding hydrogens is 257 g/mol. The van der Waals surface area contributed by atoms with Crippen LogP contribution in [0.15, 0.2) is 36.4 Å². The molecule has 0 aliphatic rings. The number of ether oxygens (including phenoxy) is 1. The van der Waals surface area contributed by atoms with E-state index in [9.17, 15) is 9.18 Å². The highest BCUT2D eigenvalue weighted by molar-refractivity contribution is 6.06. The second kappa shape index (κ2) is 5.74. The van der Waals surface area contributed by atoms with E-state index in [1.165, 1.54) is 19.2 Å². The van der Waals surface area contributed by atoms with E-state index in [1.54, 1.807) is 0 Å². The third-order valence-electron chi connectivity index (χ3n) is 3.04. The molecule has 0 aliphatic heterocycles. The van der Waals surface area contributed by atoms with Crippen LogP contribution in [0.3, 0.4) is 0 Å². The number of nitrogens with one attached hydrogen (secondary N) is 1. The largest absolute Gasteiger partial charge is 0.496 e. The molecule has 0 fully saturated rings. The fraction of sp³-hybridized carbons (Fsp3) is 0.188. The van der Waals surface area contributed by atoms with Gasteiger partial charge in [0.05, 0.1) is 12.7 Å². The molecule has 3 nitrogen and oxygen atoms in total. The number of rotatable bonds is 3. The number of halogens is 1. The van der Waals surface area contributed by atoms with Crippen molar-refractivity contribution < 1.29 is 13.9 Å². The molecule has 2 aromatic rings. The second-order valence-electron chi connectivity index (χ2n) is 4.62. The summed E-state index contributed by atoms with van der Waals surface area (Å²) in [6.45, 7) is 3.89. The van der Waals surface area contributed by atoms with Crippen LogP contribution in [0.2, 0.25) is 0 Å². The van der Waals surface area contributed by atoms with Crippen LogP contribution in [0.25, 0.3) is 0 Å². The van der Waals surface area contributed by atoms with Gasteiger partial charge in [-0.1, -0.05) is 17.7 Å². The Balaban J connectivity index is 2.30. The molecule has 0 spiro atoms. The Morgan fingerprint density at radius 2 is 1.90 bits per heavy atom. The summed E-state index contributed by atoms with van der Waals surface area (Å²) in [4.78, 5) is 12.2. The molecule has 2 aromatic carbocycles. The van der Waals surface area contributed by atoms with Crippen molar-refractivity contribution in [1.82, 2.24) is 0 Å². The van der Waals surface area contributed by atoms with Gasteiger partial charge in [-0.05, 0) is 43.7 Å². The SMILES string of the molecule is COc1ccc(F)cc1C(=O)Nc1ccc(C)cc1C. The molecule has 0 aliphatic carbocycles. The zero-order valence-corrected chi connectivity index (χ0v) is 11.7. The highest BCUT2D eigenvalue weighted by Gasteiger charge is 2.14. The minimum absolute atomic E-state index is 0.174. The molecule has 0 unspecified atom stereocenters. The van der Waals surface area contributed by atoms with E-state index in [2.05, 4.69) is 5.32 Å². The molecule has 0 atom stereocenters.